The van der Waals surface area contributed by atoms with Crippen molar-refractivity contribution in [2.45, 2.75) is 290 Å². The molecule has 5 heteroatoms. The Morgan fingerprint density at radius 1 is 0.283 bits per heavy atom. The standard InChI is InChI=1S/C48H99O2PS2/c1-4-7-10-13-16-19-22-25-28-31-34-37-40-43-46-50-51(49,52-47-44-41-38-35-32-29-26-23-20-17-14-11-8-5-2)53-48-45-42-39-36-33-30-27-24-21-18-15-12-9-6-3/h4-48H2,1-3H3. The van der Waals surface area contributed by atoms with Gasteiger partial charge in [0, 0.05) is 11.5 Å². The molecule has 0 atom stereocenters. The second kappa shape index (κ2) is 47.3. The van der Waals surface area contributed by atoms with Crippen molar-refractivity contribution in [1.82, 2.24) is 0 Å². The summed E-state index contributed by atoms with van der Waals surface area (Å²) in [7, 11) is 0. The Hall–Kier alpha value is 0.890. The molecule has 0 aromatic heterocycles. The first kappa shape index (κ1) is 53.9. The fourth-order valence-electron chi connectivity index (χ4n) is 7.53. The van der Waals surface area contributed by atoms with E-state index in [4.69, 9.17) is 4.52 Å². The molecule has 0 aliphatic heterocycles. The van der Waals surface area contributed by atoms with E-state index in [9.17, 15) is 4.57 Å². The second-order valence-electron chi connectivity index (χ2n) is 16.7. The molecule has 0 unspecified atom stereocenters. The van der Waals surface area contributed by atoms with Crippen molar-refractivity contribution in [3.05, 3.63) is 0 Å². The first-order chi connectivity index (χ1) is 26.2. The fraction of sp³-hybridized carbons (Fsp3) is 1.00. The largest absolute Gasteiger partial charge is 0.314 e. The van der Waals surface area contributed by atoms with E-state index in [0.717, 1.165) is 17.9 Å². The summed E-state index contributed by atoms with van der Waals surface area (Å²) in [5.41, 5.74) is 0. The maximum atomic E-state index is 13.9. The third-order valence-electron chi connectivity index (χ3n) is 11.2. The molecule has 0 aliphatic rings. The lowest BCUT2D eigenvalue weighted by Crippen LogP contribution is -1.93. The first-order valence-electron chi connectivity index (χ1n) is 24.7. The van der Waals surface area contributed by atoms with Crippen molar-refractivity contribution in [3.63, 3.8) is 0 Å². The third kappa shape index (κ3) is 45.5. The molecule has 0 fully saturated rings. The van der Waals surface area contributed by atoms with Crippen LogP contribution in [-0.2, 0) is 9.09 Å². The van der Waals surface area contributed by atoms with Crippen LogP contribution in [0.2, 0.25) is 0 Å². The smallest absolute Gasteiger partial charge is 0.313 e. The number of hydrogen-bond donors (Lipinski definition) is 0. The molecule has 0 spiro atoms. The zero-order chi connectivity index (χ0) is 38.4. The molecule has 0 N–H and O–H groups in total. The summed E-state index contributed by atoms with van der Waals surface area (Å²) in [6, 6.07) is 0. The summed E-state index contributed by atoms with van der Waals surface area (Å²) >= 11 is 3.35. The van der Waals surface area contributed by atoms with E-state index >= 15 is 0 Å². The molecule has 0 saturated heterocycles. The third-order valence-corrected chi connectivity index (χ3v) is 18.8. The molecule has 53 heavy (non-hydrogen) atoms. The van der Waals surface area contributed by atoms with E-state index < -0.39 is 5.77 Å². The van der Waals surface area contributed by atoms with E-state index in [-0.39, 0.29) is 0 Å². The SMILES string of the molecule is CCCCCCCCCCCCCCCCOP(=O)(SCCCCCCCCCCCCCCCC)SCCCCCCCCCCCCCCCC. The van der Waals surface area contributed by atoms with Crippen LogP contribution in [0.5, 0.6) is 0 Å². The van der Waals surface area contributed by atoms with Gasteiger partial charge in [-0.15, -0.1) is 0 Å². The van der Waals surface area contributed by atoms with Gasteiger partial charge in [-0.3, -0.25) is 4.57 Å². The molecular weight excluding hydrogens is 704 g/mol. The van der Waals surface area contributed by atoms with Crippen molar-refractivity contribution in [1.29, 1.82) is 0 Å². The Bertz CT molecular complexity index is 615. The van der Waals surface area contributed by atoms with Crippen LogP contribution < -0.4 is 0 Å². The average Bonchev–Trinajstić information content (AvgIpc) is 3.16. The van der Waals surface area contributed by atoms with Crippen LogP contribution in [0.4, 0.5) is 0 Å². The van der Waals surface area contributed by atoms with Crippen molar-refractivity contribution < 1.29 is 9.09 Å². The van der Waals surface area contributed by atoms with Gasteiger partial charge in [0.1, 0.15) is 0 Å². The van der Waals surface area contributed by atoms with Crippen LogP contribution in [-0.4, -0.2) is 18.1 Å². The molecule has 0 saturated carbocycles. The molecular formula is C48H99O2PS2. The highest BCUT2D eigenvalue weighted by molar-refractivity contribution is 8.89. The highest BCUT2D eigenvalue weighted by atomic mass is 33.1. The van der Waals surface area contributed by atoms with Gasteiger partial charge in [0.25, 0.3) is 0 Å². The predicted molar refractivity (Wildman–Crippen MR) is 249 cm³/mol. The zero-order valence-electron chi connectivity index (χ0n) is 36.9. The Morgan fingerprint density at radius 2 is 0.472 bits per heavy atom. The quantitative estimate of drug-likeness (QED) is 0.0452. The van der Waals surface area contributed by atoms with Gasteiger partial charge in [-0.25, -0.2) is 0 Å². The minimum atomic E-state index is -2.65. The highest BCUT2D eigenvalue weighted by Gasteiger charge is 2.24. The van der Waals surface area contributed by atoms with E-state index in [1.54, 1.807) is 22.8 Å². The summed E-state index contributed by atoms with van der Waals surface area (Å²) in [6.45, 7) is 7.59. The Balaban J connectivity index is 4.08. The molecule has 0 aromatic carbocycles. The molecule has 0 amide bonds. The van der Waals surface area contributed by atoms with Gasteiger partial charge in [-0.1, -0.05) is 294 Å². The zero-order valence-corrected chi connectivity index (χ0v) is 39.4. The van der Waals surface area contributed by atoms with Crippen LogP contribution in [0.15, 0.2) is 0 Å². The molecule has 320 valence electrons. The molecule has 2 nitrogen and oxygen atoms in total. The van der Waals surface area contributed by atoms with Crippen LogP contribution in [0.3, 0.4) is 0 Å². The van der Waals surface area contributed by atoms with Gasteiger partial charge in [-0.05, 0) is 19.3 Å². The molecule has 0 bridgehead atoms. The fourth-order valence-corrected chi connectivity index (χ4v) is 14.5. The van der Waals surface area contributed by atoms with Crippen molar-refractivity contribution >= 4 is 28.5 Å². The number of hydrogen-bond acceptors (Lipinski definition) is 4. The Kier molecular flexibility index (Phi) is 48.1. The summed E-state index contributed by atoms with van der Waals surface area (Å²) < 4.78 is 20.2. The Morgan fingerprint density at radius 3 is 0.698 bits per heavy atom. The van der Waals surface area contributed by atoms with Gasteiger partial charge in [0.2, 0.25) is 0 Å². The van der Waals surface area contributed by atoms with E-state index in [0.29, 0.717) is 6.61 Å². The number of unbranched alkanes of at least 4 members (excludes halogenated alkanes) is 39. The first-order valence-corrected chi connectivity index (χ1v) is 29.5. The maximum Gasteiger partial charge on any atom is 0.313 e. The maximum absolute atomic E-state index is 13.9. The second-order valence-corrected chi connectivity index (χ2v) is 24.3. The lowest BCUT2D eigenvalue weighted by molar-refractivity contribution is 0.321. The Labute approximate surface area is 344 Å². The summed E-state index contributed by atoms with van der Waals surface area (Å²) in [4.78, 5) is 0. The normalized spacial score (nSPS) is 12.0. The van der Waals surface area contributed by atoms with E-state index in [1.165, 1.54) is 263 Å². The molecule has 0 heterocycles. The average molecular weight is 803 g/mol. The molecule has 0 rings (SSSR count). The van der Waals surface area contributed by atoms with E-state index in [1.807, 2.05) is 0 Å². The molecule has 0 aliphatic carbocycles. The summed E-state index contributed by atoms with van der Waals surface area (Å²) in [6.07, 6.45) is 58.0. The lowest BCUT2D eigenvalue weighted by atomic mass is 10.0. The minimum Gasteiger partial charge on any atom is -0.314 e. The van der Waals surface area contributed by atoms with Gasteiger partial charge in [0.05, 0.1) is 6.61 Å². The van der Waals surface area contributed by atoms with Crippen LogP contribution in [0.1, 0.15) is 290 Å². The number of rotatable bonds is 48. The monoisotopic (exact) mass is 803 g/mol. The van der Waals surface area contributed by atoms with Crippen molar-refractivity contribution in [2.75, 3.05) is 18.1 Å². The van der Waals surface area contributed by atoms with Gasteiger partial charge in [0.15, 0.2) is 0 Å². The van der Waals surface area contributed by atoms with Gasteiger partial charge < -0.3 is 4.52 Å². The summed E-state index contributed by atoms with van der Waals surface area (Å²) in [5, 5.41) is 0. The molecule has 0 radical (unpaired) electrons. The topological polar surface area (TPSA) is 26.3 Å². The minimum absolute atomic E-state index is 0.687. The van der Waals surface area contributed by atoms with Crippen molar-refractivity contribution in [2.24, 2.45) is 0 Å². The van der Waals surface area contributed by atoms with E-state index in [2.05, 4.69) is 20.8 Å². The highest BCUT2D eigenvalue weighted by Crippen LogP contribution is 2.70. The van der Waals surface area contributed by atoms with Gasteiger partial charge >= 0.3 is 5.77 Å². The van der Waals surface area contributed by atoms with Crippen molar-refractivity contribution in [3.8, 4) is 0 Å². The van der Waals surface area contributed by atoms with Gasteiger partial charge in [-0.2, -0.15) is 0 Å². The molecule has 0 aromatic rings. The van der Waals surface area contributed by atoms with Crippen LogP contribution in [0, 0.1) is 0 Å². The summed E-state index contributed by atoms with van der Waals surface area (Å²) in [5.74, 6) is -0.646. The lowest BCUT2D eigenvalue weighted by Gasteiger charge is -2.17. The van der Waals surface area contributed by atoms with Crippen LogP contribution in [0.25, 0.3) is 0 Å². The van der Waals surface area contributed by atoms with Crippen LogP contribution >= 0.6 is 28.5 Å². The predicted octanol–water partition coefficient (Wildman–Crippen LogP) is 20.0.